The maximum absolute atomic E-state index is 13.1. The monoisotopic (exact) mass is 454 g/mol. The third-order valence-corrected chi connectivity index (χ3v) is 13.8. The normalized spacial score (nSPS) is 24.1. The molecular formula is C22H38O6Si2. The third-order valence-electron chi connectivity index (χ3n) is 7.24. The Hall–Kier alpha value is -1.26. The SMILES string of the molecule is COC(=O)C1(C(=O)OC)C[C@@H]2CC(=O)C([Si](C)(C)C)=C2[C@H]1CO[Si](C)(C)C(C)(C)C. The van der Waals surface area contributed by atoms with Gasteiger partial charge in [-0.15, -0.1) is 0 Å². The minimum absolute atomic E-state index is 0.0221. The summed E-state index contributed by atoms with van der Waals surface area (Å²) in [5, 5.41) is 0.845. The van der Waals surface area contributed by atoms with Crippen LogP contribution in [0.25, 0.3) is 0 Å². The topological polar surface area (TPSA) is 78.9 Å². The molecule has 0 aromatic heterocycles. The Balaban J connectivity index is 2.68. The molecule has 0 spiro atoms. The Labute approximate surface area is 182 Å². The first-order chi connectivity index (χ1) is 13.5. The van der Waals surface area contributed by atoms with Crippen LogP contribution in [0.3, 0.4) is 0 Å². The molecule has 2 atom stereocenters. The van der Waals surface area contributed by atoms with Crippen LogP contribution in [-0.4, -0.2) is 54.9 Å². The van der Waals surface area contributed by atoms with Crippen molar-refractivity contribution in [2.24, 2.45) is 17.3 Å². The molecule has 170 valence electrons. The summed E-state index contributed by atoms with van der Waals surface area (Å²) in [5.74, 6) is -1.70. The first-order valence-corrected chi connectivity index (χ1v) is 17.0. The van der Waals surface area contributed by atoms with Crippen LogP contribution in [0.4, 0.5) is 0 Å². The highest BCUT2D eigenvalue weighted by Crippen LogP contribution is 2.58. The number of fused-ring (bicyclic) bond motifs is 1. The van der Waals surface area contributed by atoms with Crippen LogP contribution in [0.1, 0.15) is 33.6 Å². The van der Waals surface area contributed by atoms with Crippen LogP contribution in [0.15, 0.2) is 10.8 Å². The van der Waals surface area contributed by atoms with Gasteiger partial charge in [0.05, 0.1) is 22.3 Å². The number of rotatable bonds is 6. The molecule has 0 heterocycles. The van der Waals surface area contributed by atoms with Crippen molar-refractivity contribution in [3.8, 4) is 0 Å². The fourth-order valence-electron chi connectivity index (χ4n) is 4.73. The summed E-state index contributed by atoms with van der Waals surface area (Å²) in [7, 11) is -1.56. The van der Waals surface area contributed by atoms with Gasteiger partial charge < -0.3 is 13.9 Å². The zero-order valence-electron chi connectivity index (χ0n) is 20.2. The van der Waals surface area contributed by atoms with Crippen molar-refractivity contribution in [3.63, 3.8) is 0 Å². The number of esters is 2. The van der Waals surface area contributed by atoms with E-state index in [9.17, 15) is 14.4 Å². The van der Waals surface area contributed by atoms with Crippen LogP contribution >= 0.6 is 0 Å². The van der Waals surface area contributed by atoms with E-state index in [1.54, 1.807) is 0 Å². The van der Waals surface area contributed by atoms with Crippen molar-refractivity contribution < 1.29 is 28.3 Å². The number of hydrogen-bond donors (Lipinski definition) is 0. The summed E-state index contributed by atoms with van der Waals surface area (Å²) in [6.45, 7) is 17.4. The molecule has 2 aliphatic rings. The van der Waals surface area contributed by atoms with E-state index in [1.165, 1.54) is 14.2 Å². The molecule has 8 heteroatoms. The maximum atomic E-state index is 13.1. The molecule has 0 aromatic rings. The van der Waals surface area contributed by atoms with Crippen molar-refractivity contribution in [1.29, 1.82) is 0 Å². The van der Waals surface area contributed by atoms with Gasteiger partial charge in [0, 0.05) is 18.9 Å². The summed E-state index contributed by atoms with van der Waals surface area (Å²) in [5.41, 5.74) is -0.508. The molecule has 0 bridgehead atoms. The number of methoxy groups -OCH3 is 2. The van der Waals surface area contributed by atoms with Crippen molar-refractivity contribution in [1.82, 2.24) is 0 Å². The average Bonchev–Trinajstić information content (AvgIpc) is 3.08. The number of ether oxygens (including phenoxy) is 2. The third kappa shape index (κ3) is 3.98. The molecule has 30 heavy (non-hydrogen) atoms. The fraction of sp³-hybridized carbons (Fsp3) is 0.773. The number of carbonyl (C=O) groups excluding carboxylic acids is 3. The van der Waals surface area contributed by atoms with Gasteiger partial charge in [-0.2, -0.15) is 0 Å². The lowest BCUT2D eigenvalue weighted by molar-refractivity contribution is -0.173. The van der Waals surface area contributed by atoms with Crippen molar-refractivity contribution in [2.75, 3.05) is 20.8 Å². The van der Waals surface area contributed by atoms with Crippen molar-refractivity contribution in [2.45, 2.75) is 71.4 Å². The Morgan fingerprint density at radius 3 is 1.93 bits per heavy atom. The van der Waals surface area contributed by atoms with Gasteiger partial charge in [-0.3, -0.25) is 14.4 Å². The quantitative estimate of drug-likeness (QED) is 0.341. The van der Waals surface area contributed by atoms with Crippen LogP contribution in [-0.2, 0) is 28.3 Å². The smallest absolute Gasteiger partial charge is 0.323 e. The second-order valence-corrected chi connectivity index (χ2v) is 21.0. The molecular weight excluding hydrogens is 416 g/mol. The molecule has 0 N–H and O–H groups in total. The van der Waals surface area contributed by atoms with E-state index in [2.05, 4.69) is 53.5 Å². The lowest BCUT2D eigenvalue weighted by Crippen LogP contribution is -2.49. The van der Waals surface area contributed by atoms with Crippen LogP contribution in [0.2, 0.25) is 37.8 Å². The minimum atomic E-state index is -2.15. The maximum Gasteiger partial charge on any atom is 0.323 e. The molecule has 0 radical (unpaired) electrons. The summed E-state index contributed by atoms with van der Waals surface area (Å²) < 4.78 is 16.8. The van der Waals surface area contributed by atoms with Crippen LogP contribution < -0.4 is 0 Å². The zero-order chi connectivity index (χ0) is 23.3. The fourth-order valence-corrected chi connectivity index (χ4v) is 7.93. The molecule has 1 fully saturated rings. The predicted octanol–water partition coefficient (Wildman–Crippen LogP) is 4.12. The number of Topliss-reactive ketones (excluding diaryl/α,β-unsaturated/α-hetero) is 1. The highest BCUT2D eigenvalue weighted by Gasteiger charge is 2.65. The summed E-state index contributed by atoms with van der Waals surface area (Å²) in [6, 6.07) is 0. The van der Waals surface area contributed by atoms with E-state index < -0.39 is 39.7 Å². The van der Waals surface area contributed by atoms with E-state index in [-0.39, 0.29) is 29.8 Å². The molecule has 0 unspecified atom stereocenters. The molecule has 0 amide bonds. The van der Waals surface area contributed by atoms with Gasteiger partial charge in [0.2, 0.25) is 0 Å². The standard InChI is InChI=1S/C22H38O6Si2/c1-21(2,3)30(9,10)28-13-15-17-14(11-16(23)18(17)29(6,7)8)12-22(15,19(24)26-4)20(25)27-5/h14-15H,11-13H2,1-10H3/t14-,15+/m0/s1. The Morgan fingerprint density at radius 1 is 1.03 bits per heavy atom. The van der Waals surface area contributed by atoms with Gasteiger partial charge in [0.15, 0.2) is 19.5 Å². The van der Waals surface area contributed by atoms with Crippen LogP contribution in [0, 0.1) is 17.3 Å². The molecule has 0 aromatic carbocycles. The number of allylic oxidation sites excluding steroid dienone is 1. The van der Waals surface area contributed by atoms with E-state index in [0.717, 1.165) is 10.8 Å². The van der Waals surface area contributed by atoms with Gasteiger partial charge in [-0.05, 0) is 35.7 Å². The first-order valence-electron chi connectivity index (χ1n) is 10.6. The molecule has 2 aliphatic carbocycles. The molecule has 6 nitrogen and oxygen atoms in total. The molecule has 1 saturated carbocycles. The van der Waals surface area contributed by atoms with Gasteiger partial charge in [0.25, 0.3) is 0 Å². The second kappa shape index (κ2) is 8.02. The Bertz CT molecular complexity index is 753. The van der Waals surface area contributed by atoms with Gasteiger partial charge >= 0.3 is 11.9 Å². The lowest BCUT2D eigenvalue weighted by atomic mass is 9.76. The minimum Gasteiger partial charge on any atom is -0.468 e. The largest absolute Gasteiger partial charge is 0.468 e. The number of carbonyl (C=O) groups is 3. The van der Waals surface area contributed by atoms with E-state index in [0.29, 0.717) is 6.42 Å². The lowest BCUT2D eigenvalue weighted by Gasteiger charge is -2.39. The summed E-state index contributed by atoms with van der Waals surface area (Å²) in [4.78, 5) is 39.1. The van der Waals surface area contributed by atoms with Gasteiger partial charge in [0.1, 0.15) is 0 Å². The summed E-state index contributed by atoms with van der Waals surface area (Å²) in [6.07, 6.45) is 0.591. The predicted molar refractivity (Wildman–Crippen MR) is 121 cm³/mol. The highest BCUT2D eigenvalue weighted by molar-refractivity contribution is 6.87. The summed E-state index contributed by atoms with van der Waals surface area (Å²) >= 11 is 0. The molecule has 2 rings (SSSR count). The van der Waals surface area contributed by atoms with Gasteiger partial charge in [-0.1, -0.05) is 46.0 Å². The van der Waals surface area contributed by atoms with Crippen molar-refractivity contribution in [3.05, 3.63) is 10.8 Å². The average molecular weight is 455 g/mol. The van der Waals surface area contributed by atoms with Crippen LogP contribution in [0.5, 0.6) is 0 Å². The van der Waals surface area contributed by atoms with E-state index >= 15 is 0 Å². The first kappa shape index (κ1) is 25.0. The molecule has 0 aliphatic heterocycles. The van der Waals surface area contributed by atoms with E-state index in [1.807, 2.05) is 0 Å². The van der Waals surface area contributed by atoms with E-state index in [4.69, 9.17) is 13.9 Å². The van der Waals surface area contributed by atoms with Crippen molar-refractivity contribution >= 4 is 34.1 Å². The number of hydrogen-bond acceptors (Lipinski definition) is 6. The molecule has 0 saturated heterocycles. The number of ketones is 1. The van der Waals surface area contributed by atoms with Gasteiger partial charge in [-0.25, -0.2) is 0 Å². The highest BCUT2D eigenvalue weighted by atomic mass is 28.4. The Morgan fingerprint density at radius 2 is 1.53 bits per heavy atom. The second-order valence-electron chi connectivity index (χ2n) is 11.2. The zero-order valence-corrected chi connectivity index (χ0v) is 22.2. The Kier molecular flexibility index (Phi) is 6.68.